The minimum Gasteiger partial charge on any atom is -0.497 e. The van der Waals surface area contributed by atoms with E-state index in [0.717, 1.165) is 31.8 Å². The number of methoxy groups -OCH3 is 1. The van der Waals surface area contributed by atoms with Crippen molar-refractivity contribution in [3.05, 3.63) is 29.3 Å². The van der Waals surface area contributed by atoms with Gasteiger partial charge in [0.25, 0.3) is 0 Å². The molecule has 0 aliphatic carbocycles. The third kappa shape index (κ3) is 4.12. The summed E-state index contributed by atoms with van der Waals surface area (Å²) in [5.41, 5.74) is 2.73. The molecule has 1 heterocycles. The van der Waals surface area contributed by atoms with E-state index < -0.39 is 0 Å². The number of hydrogen-bond donors (Lipinski definition) is 1. The fourth-order valence-corrected chi connectivity index (χ4v) is 2.72. The van der Waals surface area contributed by atoms with Gasteiger partial charge in [-0.2, -0.15) is 0 Å². The van der Waals surface area contributed by atoms with Gasteiger partial charge in [-0.3, -0.25) is 4.79 Å². The molecule has 4 nitrogen and oxygen atoms in total. The third-order valence-corrected chi connectivity index (χ3v) is 3.63. The van der Waals surface area contributed by atoms with Gasteiger partial charge < -0.3 is 15.0 Å². The number of carbonyl (C=O) groups is 1. The van der Waals surface area contributed by atoms with Gasteiger partial charge in [0.1, 0.15) is 5.75 Å². The molecule has 0 saturated carbocycles. The molecule has 1 unspecified atom stereocenters. The third-order valence-electron chi connectivity index (χ3n) is 3.63. The molecule has 0 saturated heterocycles. The van der Waals surface area contributed by atoms with Gasteiger partial charge in [0.15, 0.2) is 0 Å². The van der Waals surface area contributed by atoms with Crippen molar-refractivity contribution in [2.75, 3.05) is 27.2 Å². The average Bonchev–Trinajstić information content (AvgIpc) is 2.37. The van der Waals surface area contributed by atoms with E-state index >= 15 is 0 Å². The summed E-state index contributed by atoms with van der Waals surface area (Å²) in [5, 5.41) is 2.88. The lowest BCUT2D eigenvalue weighted by molar-refractivity contribution is -0.118. The van der Waals surface area contributed by atoms with Crippen LogP contribution < -0.4 is 10.1 Å². The lowest BCUT2D eigenvalue weighted by Gasteiger charge is -2.32. The van der Waals surface area contributed by atoms with Crippen molar-refractivity contribution in [1.29, 1.82) is 0 Å². The SMILES string of the molecule is COc1ccc2c(c1)C(CCNC(C)=O)CN(C)C2.Cl. The van der Waals surface area contributed by atoms with Crippen LogP contribution in [0.1, 0.15) is 30.4 Å². The van der Waals surface area contributed by atoms with Crippen LogP contribution >= 0.6 is 12.4 Å². The molecule has 0 spiro atoms. The molecule has 1 N–H and O–H groups in total. The van der Waals surface area contributed by atoms with Gasteiger partial charge in [0, 0.05) is 26.6 Å². The van der Waals surface area contributed by atoms with Crippen molar-refractivity contribution in [2.45, 2.75) is 25.8 Å². The Morgan fingerprint density at radius 2 is 2.25 bits per heavy atom. The first-order valence-corrected chi connectivity index (χ1v) is 6.70. The zero-order valence-corrected chi connectivity index (χ0v) is 13.1. The Bertz CT molecular complexity index is 465. The van der Waals surface area contributed by atoms with Crippen molar-refractivity contribution in [2.24, 2.45) is 0 Å². The van der Waals surface area contributed by atoms with Gasteiger partial charge in [0.2, 0.25) is 5.91 Å². The molecule has 1 aliphatic heterocycles. The summed E-state index contributed by atoms with van der Waals surface area (Å²) in [6, 6.07) is 6.30. The van der Waals surface area contributed by atoms with Crippen LogP contribution in [0.5, 0.6) is 5.75 Å². The van der Waals surface area contributed by atoms with Crippen LogP contribution in [0.15, 0.2) is 18.2 Å². The van der Waals surface area contributed by atoms with Crippen LogP contribution in [0.25, 0.3) is 0 Å². The number of likely N-dealkylation sites (N-methyl/N-ethyl adjacent to an activating group) is 1. The quantitative estimate of drug-likeness (QED) is 0.926. The fraction of sp³-hybridized carbons (Fsp3) is 0.533. The summed E-state index contributed by atoms with van der Waals surface area (Å²) >= 11 is 0. The maximum absolute atomic E-state index is 11.0. The van der Waals surface area contributed by atoms with E-state index in [4.69, 9.17) is 4.74 Å². The van der Waals surface area contributed by atoms with Crippen molar-refractivity contribution in [3.8, 4) is 5.75 Å². The molecule has 5 heteroatoms. The molecule has 1 aromatic carbocycles. The molecular weight excluding hydrogens is 276 g/mol. The van der Waals surface area contributed by atoms with Crippen LogP contribution in [0.4, 0.5) is 0 Å². The second-order valence-electron chi connectivity index (χ2n) is 5.23. The first-order chi connectivity index (χ1) is 9.10. The number of rotatable bonds is 4. The zero-order chi connectivity index (χ0) is 13.8. The number of fused-ring (bicyclic) bond motifs is 1. The summed E-state index contributed by atoms with van der Waals surface area (Å²) in [6.07, 6.45) is 0.962. The number of benzene rings is 1. The second kappa shape index (κ2) is 7.50. The molecular formula is C15H23ClN2O2. The smallest absolute Gasteiger partial charge is 0.216 e. The number of hydrogen-bond acceptors (Lipinski definition) is 3. The molecule has 1 aromatic rings. The Morgan fingerprint density at radius 3 is 2.90 bits per heavy atom. The van der Waals surface area contributed by atoms with Crippen LogP contribution in [-0.4, -0.2) is 38.1 Å². The number of amides is 1. The number of nitrogens with one attached hydrogen (secondary N) is 1. The first kappa shape index (κ1) is 16.8. The first-order valence-electron chi connectivity index (χ1n) is 6.70. The molecule has 2 rings (SSSR count). The molecule has 0 radical (unpaired) electrons. The highest BCUT2D eigenvalue weighted by atomic mass is 35.5. The standard InChI is InChI=1S/C15H22N2O2.ClH/c1-11(18)16-7-6-13-10-17(2)9-12-4-5-14(19-3)8-15(12)13;/h4-5,8,13H,6-7,9-10H2,1-3H3,(H,16,18);1H. The average molecular weight is 299 g/mol. The molecule has 1 aliphatic rings. The number of ether oxygens (including phenoxy) is 1. The monoisotopic (exact) mass is 298 g/mol. The highest BCUT2D eigenvalue weighted by molar-refractivity contribution is 5.85. The van der Waals surface area contributed by atoms with Crippen molar-refractivity contribution in [3.63, 3.8) is 0 Å². The Morgan fingerprint density at radius 1 is 1.50 bits per heavy atom. The van der Waals surface area contributed by atoms with Gasteiger partial charge in [-0.25, -0.2) is 0 Å². The van der Waals surface area contributed by atoms with E-state index in [1.165, 1.54) is 11.1 Å². The largest absolute Gasteiger partial charge is 0.497 e. The Kier molecular flexibility index (Phi) is 6.30. The lowest BCUT2D eigenvalue weighted by atomic mass is 9.87. The summed E-state index contributed by atoms with van der Waals surface area (Å²) in [4.78, 5) is 13.3. The van der Waals surface area contributed by atoms with E-state index in [9.17, 15) is 4.79 Å². The van der Waals surface area contributed by atoms with Crippen molar-refractivity contribution >= 4 is 18.3 Å². The second-order valence-corrected chi connectivity index (χ2v) is 5.23. The Hall–Kier alpha value is -1.26. The van der Waals surface area contributed by atoms with Gasteiger partial charge in [-0.05, 0) is 42.6 Å². The van der Waals surface area contributed by atoms with Crippen LogP contribution in [0.2, 0.25) is 0 Å². The highest BCUT2D eigenvalue weighted by Gasteiger charge is 2.23. The Balaban J connectivity index is 0.00000200. The topological polar surface area (TPSA) is 41.6 Å². The summed E-state index contributed by atoms with van der Waals surface area (Å²) in [5.74, 6) is 1.40. The van der Waals surface area contributed by atoms with Gasteiger partial charge in [-0.1, -0.05) is 6.07 Å². The maximum atomic E-state index is 11.0. The fourth-order valence-electron chi connectivity index (χ4n) is 2.72. The molecule has 112 valence electrons. The van der Waals surface area contributed by atoms with E-state index in [0.29, 0.717) is 5.92 Å². The minimum atomic E-state index is 0. The van der Waals surface area contributed by atoms with Crippen LogP contribution in [-0.2, 0) is 11.3 Å². The van der Waals surface area contributed by atoms with Crippen molar-refractivity contribution in [1.82, 2.24) is 10.2 Å². The molecule has 1 atom stereocenters. The molecule has 20 heavy (non-hydrogen) atoms. The minimum absolute atomic E-state index is 0. The van der Waals surface area contributed by atoms with Gasteiger partial charge >= 0.3 is 0 Å². The maximum Gasteiger partial charge on any atom is 0.216 e. The van der Waals surface area contributed by atoms with E-state index in [-0.39, 0.29) is 18.3 Å². The van der Waals surface area contributed by atoms with Gasteiger partial charge in [-0.15, -0.1) is 12.4 Å². The number of carbonyl (C=O) groups excluding carboxylic acids is 1. The van der Waals surface area contributed by atoms with E-state index in [1.54, 1.807) is 14.0 Å². The molecule has 1 amide bonds. The van der Waals surface area contributed by atoms with Crippen molar-refractivity contribution < 1.29 is 9.53 Å². The summed E-state index contributed by atoms with van der Waals surface area (Å²) in [6.45, 7) is 4.30. The number of halogens is 1. The lowest BCUT2D eigenvalue weighted by Crippen LogP contribution is -2.32. The van der Waals surface area contributed by atoms with Crippen LogP contribution in [0.3, 0.4) is 0 Å². The predicted octanol–water partition coefficient (Wildman–Crippen LogP) is 2.17. The highest BCUT2D eigenvalue weighted by Crippen LogP contribution is 2.32. The molecule has 0 fully saturated rings. The number of nitrogens with zero attached hydrogens (tertiary/aromatic N) is 1. The normalized spacial score (nSPS) is 17.9. The zero-order valence-electron chi connectivity index (χ0n) is 12.3. The van der Waals surface area contributed by atoms with E-state index in [1.807, 2.05) is 6.07 Å². The van der Waals surface area contributed by atoms with Crippen LogP contribution in [0, 0.1) is 0 Å². The summed E-state index contributed by atoms with van der Waals surface area (Å²) < 4.78 is 5.31. The summed E-state index contributed by atoms with van der Waals surface area (Å²) in [7, 11) is 3.83. The molecule has 0 bridgehead atoms. The predicted molar refractivity (Wildman–Crippen MR) is 82.6 cm³/mol. The Labute approximate surface area is 126 Å². The van der Waals surface area contributed by atoms with E-state index in [2.05, 4.69) is 29.4 Å². The molecule has 0 aromatic heterocycles. The van der Waals surface area contributed by atoms with Gasteiger partial charge in [0.05, 0.1) is 7.11 Å².